The van der Waals surface area contributed by atoms with E-state index in [1.54, 1.807) is 20.9 Å². The third-order valence-corrected chi connectivity index (χ3v) is 5.00. The third-order valence-electron chi connectivity index (χ3n) is 5.00. The first-order chi connectivity index (χ1) is 14.1. The van der Waals surface area contributed by atoms with Crippen LogP contribution in [0.15, 0.2) is 12.7 Å². The quantitative estimate of drug-likeness (QED) is 0.339. The van der Waals surface area contributed by atoms with E-state index in [1.165, 1.54) is 12.7 Å². The van der Waals surface area contributed by atoms with Gasteiger partial charge in [0.1, 0.15) is 30.9 Å². The number of halogens is 1. The first kappa shape index (κ1) is 21.8. The van der Waals surface area contributed by atoms with Crippen LogP contribution in [0, 0.1) is 18.3 Å². The van der Waals surface area contributed by atoms with E-state index in [0.29, 0.717) is 5.82 Å². The Morgan fingerprint density at radius 2 is 2.17 bits per heavy atom. The Morgan fingerprint density at radius 3 is 2.77 bits per heavy atom. The molecule has 2 aromatic rings. The molecule has 0 bridgehead atoms. The van der Waals surface area contributed by atoms with Crippen LogP contribution in [0.25, 0.3) is 11.2 Å². The second kappa shape index (κ2) is 7.77. The first-order valence-electron chi connectivity index (χ1n) is 9.12. The van der Waals surface area contributed by atoms with Crippen molar-refractivity contribution in [2.24, 2.45) is 11.7 Å². The number of aliphatic hydroxyl groups is 2. The summed E-state index contributed by atoms with van der Waals surface area (Å²) in [7, 11) is 1.62. The molecular weight excluding hydrogens is 399 g/mol. The fraction of sp³-hybridized carbons (Fsp3) is 0.556. The van der Waals surface area contributed by atoms with Gasteiger partial charge in [-0.2, -0.15) is 0 Å². The Bertz CT molecular complexity index is 993. The number of terminal acetylenes is 1. The van der Waals surface area contributed by atoms with E-state index >= 15 is 4.39 Å². The molecule has 1 aliphatic rings. The molecule has 30 heavy (non-hydrogen) atoms. The van der Waals surface area contributed by atoms with Gasteiger partial charge in [0.2, 0.25) is 5.72 Å². The number of carbonyl (C=O) groups excluding carboxylic acids is 1. The van der Waals surface area contributed by atoms with Gasteiger partial charge in [-0.3, -0.25) is 14.1 Å². The number of imidazole rings is 1. The Balaban J connectivity index is 1.96. The Morgan fingerprint density at radius 1 is 1.47 bits per heavy atom. The lowest BCUT2D eigenvalue weighted by Gasteiger charge is -2.28. The average Bonchev–Trinajstić information content (AvgIpc) is 3.25. The lowest BCUT2D eigenvalue weighted by Crippen LogP contribution is -2.46. The highest BCUT2D eigenvalue weighted by Gasteiger charge is 2.65. The fourth-order valence-electron chi connectivity index (χ4n) is 3.12. The second-order valence-corrected chi connectivity index (χ2v) is 7.26. The van der Waals surface area contributed by atoms with Gasteiger partial charge >= 0.3 is 5.97 Å². The smallest absolute Gasteiger partial charge is 0.323 e. The van der Waals surface area contributed by atoms with Gasteiger partial charge in [0.05, 0.1) is 0 Å². The van der Waals surface area contributed by atoms with Crippen molar-refractivity contribution in [2.75, 3.05) is 19.0 Å². The molecule has 5 atom stereocenters. The lowest BCUT2D eigenvalue weighted by molar-refractivity contribution is -0.232. The van der Waals surface area contributed by atoms with Crippen LogP contribution in [0.3, 0.4) is 0 Å². The molecule has 0 aliphatic carbocycles. The molecule has 11 nitrogen and oxygen atoms in total. The number of esters is 1. The molecule has 1 fully saturated rings. The minimum atomic E-state index is -3.01. The molecule has 0 radical (unpaired) electrons. The zero-order valence-electron chi connectivity index (χ0n) is 16.6. The SMILES string of the molecule is C#C[C@@]1(n2cnc3c(NC)ncnc32)O[C@](F)(COC(=O)[C@@H](N)C(C)C)[C@@H](O)[C@H]1O. The Labute approximate surface area is 171 Å². The van der Waals surface area contributed by atoms with Crippen molar-refractivity contribution in [1.82, 2.24) is 19.5 Å². The zero-order valence-corrected chi connectivity index (χ0v) is 16.6. The topological polar surface area (TPSA) is 158 Å². The average molecular weight is 422 g/mol. The number of hydrogen-bond acceptors (Lipinski definition) is 10. The lowest BCUT2D eigenvalue weighted by atomic mass is 10.0. The standard InChI is InChI=1S/C18H23FN6O5/c1-5-18(25-8-24-11-14(21-4)22-7-23-15(11)25)13(27)12(26)17(19,30-18)6-29-16(28)10(20)9(2)3/h1,7-10,12-13,26-27H,6,20H2,2-4H3,(H,21,22,23)/t10-,12-,13+,17+,18+/m0/s1. The molecule has 1 saturated heterocycles. The van der Waals surface area contributed by atoms with Crippen molar-refractivity contribution in [3.05, 3.63) is 12.7 Å². The number of fused-ring (bicyclic) bond motifs is 1. The third kappa shape index (κ3) is 3.25. The van der Waals surface area contributed by atoms with Crippen LogP contribution in [0.5, 0.6) is 0 Å². The van der Waals surface area contributed by atoms with Gasteiger partial charge in [-0.15, -0.1) is 6.42 Å². The van der Waals surface area contributed by atoms with Crippen LogP contribution in [0.4, 0.5) is 10.2 Å². The van der Waals surface area contributed by atoms with Crippen LogP contribution in [0.2, 0.25) is 0 Å². The van der Waals surface area contributed by atoms with Crippen LogP contribution in [0.1, 0.15) is 13.8 Å². The highest BCUT2D eigenvalue weighted by molar-refractivity contribution is 5.82. The summed E-state index contributed by atoms with van der Waals surface area (Å²) in [6, 6.07) is -0.997. The predicted octanol–water partition coefficient (Wildman–Crippen LogP) is -0.902. The summed E-state index contributed by atoms with van der Waals surface area (Å²) in [6.45, 7) is 2.35. The van der Waals surface area contributed by atoms with Crippen molar-refractivity contribution in [1.29, 1.82) is 0 Å². The summed E-state index contributed by atoms with van der Waals surface area (Å²) in [4.78, 5) is 24.2. The molecule has 12 heteroatoms. The molecule has 162 valence electrons. The molecule has 1 aliphatic heterocycles. The maximum Gasteiger partial charge on any atom is 0.323 e. The van der Waals surface area contributed by atoms with E-state index in [9.17, 15) is 15.0 Å². The van der Waals surface area contributed by atoms with Crippen molar-refractivity contribution < 1.29 is 28.9 Å². The van der Waals surface area contributed by atoms with E-state index in [0.717, 1.165) is 4.57 Å². The number of aliphatic hydroxyl groups excluding tert-OH is 2. The molecular formula is C18H23FN6O5. The Kier molecular flexibility index (Phi) is 5.66. The number of rotatable bonds is 6. The highest BCUT2D eigenvalue weighted by atomic mass is 19.2. The van der Waals surface area contributed by atoms with Crippen molar-refractivity contribution in [3.8, 4) is 12.3 Å². The number of ether oxygens (including phenoxy) is 2. The van der Waals surface area contributed by atoms with Crippen LogP contribution in [-0.2, 0) is 20.0 Å². The number of aromatic nitrogens is 4. The monoisotopic (exact) mass is 422 g/mol. The summed E-state index contributed by atoms with van der Waals surface area (Å²) in [5.74, 6) is -1.60. The molecule has 0 saturated carbocycles. The molecule has 0 amide bonds. The molecule has 0 spiro atoms. The van der Waals surface area contributed by atoms with Crippen molar-refractivity contribution in [3.63, 3.8) is 0 Å². The second-order valence-electron chi connectivity index (χ2n) is 7.26. The fourth-order valence-corrected chi connectivity index (χ4v) is 3.12. The van der Waals surface area contributed by atoms with Crippen LogP contribution < -0.4 is 11.1 Å². The number of carbonyl (C=O) groups is 1. The van der Waals surface area contributed by atoms with Gasteiger partial charge in [0, 0.05) is 7.05 Å². The molecule has 3 rings (SSSR count). The van der Waals surface area contributed by atoms with Gasteiger partial charge < -0.3 is 26.0 Å². The molecule has 0 aromatic carbocycles. The number of anilines is 1. The molecule has 5 N–H and O–H groups in total. The normalized spacial score (nSPS) is 29.7. The van der Waals surface area contributed by atoms with Gasteiger partial charge in [-0.05, 0) is 11.8 Å². The molecule has 3 heterocycles. The number of nitrogens with two attached hydrogens (primary N) is 1. The minimum Gasteiger partial charge on any atom is -0.458 e. The van der Waals surface area contributed by atoms with Crippen molar-refractivity contribution >= 4 is 23.0 Å². The van der Waals surface area contributed by atoms with E-state index in [1.807, 2.05) is 0 Å². The first-order valence-corrected chi connectivity index (χ1v) is 9.12. The van der Waals surface area contributed by atoms with Gasteiger partial charge in [-0.1, -0.05) is 13.8 Å². The van der Waals surface area contributed by atoms with Gasteiger partial charge in [0.25, 0.3) is 5.85 Å². The number of alkyl halides is 1. The van der Waals surface area contributed by atoms with E-state index in [2.05, 4.69) is 26.2 Å². The Hall–Kier alpha value is -2.85. The van der Waals surface area contributed by atoms with E-state index < -0.39 is 42.4 Å². The summed E-state index contributed by atoms with van der Waals surface area (Å²) < 4.78 is 26.8. The van der Waals surface area contributed by atoms with E-state index in [4.69, 9.17) is 21.6 Å². The zero-order chi connectivity index (χ0) is 22.3. The van der Waals surface area contributed by atoms with Crippen LogP contribution in [-0.4, -0.2) is 73.5 Å². The number of nitrogens with one attached hydrogen (secondary N) is 1. The van der Waals surface area contributed by atoms with Gasteiger partial charge in [0.15, 0.2) is 23.6 Å². The summed E-state index contributed by atoms with van der Waals surface area (Å²) in [5, 5.41) is 23.8. The van der Waals surface area contributed by atoms with Crippen LogP contribution >= 0.6 is 0 Å². The number of hydrogen-bond donors (Lipinski definition) is 4. The summed E-state index contributed by atoms with van der Waals surface area (Å²) in [6.07, 6.45) is 3.91. The maximum atomic E-state index is 15.5. The predicted molar refractivity (Wildman–Crippen MR) is 102 cm³/mol. The minimum absolute atomic E-state index is 0.127. The molecule has 2 aromatic heterocycles. The summed E-state index contributed by atoms with van der Waals surface area (Å²) >= 11 is 0. The molecule has 0 unspecified atom stereocenters. The van der Waals surface area contributed by atoms with E-state index in [-0.39, 0.29) is 17.1 Å². The van der Waals surface area contributed by atoms with Gasteiger partial charge in [-0.25, -0.2) is 19.3 Å². The largest absolute Gasteiger partial charge is 0.458 e. The maximum absolute atomic E-state index is 15.5. The van der Waals surface area contributed by atoms with Crippen molar-refractivity contribution in [2.45, 2.75) is 43.7 Å². The summed E-state index contributed by atoms with van der Waals surface area (Å²) in [5.41, 5.74) is 3.88. The number of nitrogens with zero attached hydrogens (tertiary/aromatic N) is 4. The highest BCUT2D eigenvalue weighted by Crippen LogP contribution is 2.44.